The lowest BCUT2D eigenvalue weighted by atomic mass is 10.2. The Balaban J connectivity index is 0.00000450. The van der Waals surface area contributed by atoms with Gasteiger partial charge in [0.1, 0.15) is 5.75 Å². The van der Waals surface area contributed by atoms with Crippen LogP contribution in [0.15, 0.2) is 47.5 Å². The van der Waals surface area contributed by atoms with Crippen LogP contribution in [0.3, 0.4) is 0 Å². The number of anilines is 1. The van der Waals surface area contributed by atoms with E-state index in [0.717, 1.165) is 0 Å². The van der Waals surface area contributed by atoms with Gasteiger partial charge in [0, 0.05) is 30.9 Å². The maximum atomic E-state index is 12.4. The molecule has 0 aliphatic carbocycles. The fourth-order valence-electron chi connectivity index (χ4n) is 2.47. The molecule has 10 heteroatoms. The number of benzene rings is 2. The third-order valence-corrected chi connectivity index (χ3v) is 3.76. The Morgan fingerprint density at radius 3 is 2.40 bits per heavy atom. The van der Waals surface area contributed by atoms with E-state index in [1.807, 2.05) is 6.92 Å². The van der Waals surface area contributed by atoms with Crippen LogP contribution in [0.4, 0.5) is 18.9 Å². The van der Waals surface area contributed by atoms with Crippen LogP contribution in [0, 0.1) is 0 Å². The molecule has 30 heavy (non-hydrogen) atoms. The molecule has 0 saturated heterocycles. The largest absolute Gasteiger partial charge is 0.493 e. The summed E-state index contributed by atoms with van der Waals surface area (Å²) >= 11 is 0. The second-order valence-electron chi connectivity index (χ2n) is 5.86. The number of alkyl halides is 3. The fourth-order valence-corrected chi connectivity index (χ4v) is 2.47. The monoisotopic (exact) mass is 539 g/mol. The number of nitrogens with one attached hydrogen (secondary N) is 2. The first-order chi connectivity index (χ1) is 13.9. The molecule has 6 nitrogen and oxygen atoms in total. The molecular weight excluding hydrogens is 514 g/mol. The molecule has 0 aromatic heterocycles. The zero-order chi connectivity index (χ0) is 21.3. The number of methoxy groups -OCH3 is 1. The van der Waals surface area contributed by atoms with Crippen LogP contribution < -0.4 is 24.8 Å². The number of hydrogen-bond acceptors (Lipinski definition) is 4. The average Bonchev–Trinajstić information content (AvgIpc) is 2.70. The highest BCUT2D eigenvalue weighted by molar-refractivity contribution is 14.0. The molecule has 2 N–H and O–H groups in total. The van der Waals surface area contributed by atoms with Crippen LogP contribution >= 0.6 is 24.0 Å². The molecule has 0 fully saturated rings. The minimum absolute atomic E-state index is 0. The van der Waals surface area contributed by atoms with E-state index in [0.29, 0.717) is 35.3 Å². The number of rotatable bonds is 8. The van der Waals surface area contributed by atoms with Gasteiger partial charge in [-0.25, -0.2) is 0 Å². The van der Waals surface area contributed by atoms with E-state index in [2.05, 4.69) is 15.6 Å². The predicted molar refractivity (Wildman–Crippen MR) is 121 cm³/mol. The minimum atomic E-state index is -4.40. The topological polar surface area (TPSA) is 64.1 Å². The molecule has 0 heterocycles. The Hall–Kier alpha value is -2.37. The Labute approximate surface area is 190 Å². The molecule has 0 aliphatic heterocycles. The minimum Gasteiger partial charge on any atom is -0.493 e. The number of ether oxygens (including phenoxy) is 3. The van der Waals surface area contributed by atoms with Gasteiger partial charge in [-0.1, -0.05) is 18.2 Å². The van der Waals surface area contributed by atoms with E-state index in [9.17, 15) is 13.2 Å². The van der Waals surface area contributed by atoms with Gasteiger partial charge in [-0.2, -0.15) is 13.2 Å². The standard InChI is InChI=1S/C20H24F3N3O3.HI/c1-4-28-18-11-15(9-10-17(18)27-3)26-19(24-2)25-12-14-7-5-6-8-16(14)29-13-20(21,22)23;/h5-11H,4,12-13H2,1-3H3,(H2,24,25,26);1H. The average molecular weight is 539 g/mol. The predicted octanol–water partition coefficient (Wildman–Crippen LogP) is 4.84. The summed E-state index contributed by atoms with van der Waals surface area (Å²) in [6, 6.07) is 11.9. The molecule has 0 aliphatic rings. The molecule has 0 radical (unpaired) electrons. The van der Waals surface area contributed by atoms with Crippen LogP contribution in [0.25, 0.3) is 0 Å². The molecule has 0 spiro atoms. The van der Waals surface area contributed by atoms with Crippen LogP contribution in [-0.2, 0) is 6.54 Å². The highest BCUT2D eigenvalue weighted by Gasteiger charge is 2.28. The molecule has 2 rings (SSSR count). The Morgan fingerprint density at radius 2 is 1.77 bits per heavy atom. The van der Waals surface area contributed by atoms with E-state index in [1.165, 1.54) is 6.07 Å². The molecule has 0 amide bonds. The van der Waals surface area contributed by atoms with Crippen molar-refractivity contribution in [2.75, 3.05) is 32.7 Å². The van der Waals surface area contributed by atoms with Gasteiger partial charge in [0.2, 0.25) is 0 Å². The zero-order valence-electron chi connectivity index (χ0n) is 16.9. The smallest absolute Gasteiger partial charge is 0.422 e. The molecule has 0 atom stereocenters. The van der Waals surface area contributed by atoms with Gasteiger partial charge in [-0.05, 0) is 25.1 Å². The summed E-state index contributed by atoms with van der Waals surface area (Å²) < 4.78 is 53.0. The van der Waals surface area contributed by atoms with Crippen molar-refractivity contribution in [3.05, 3.63) is 48.0 Å². The lowest BCUT2D eigenvalue weighted by Gasteiger charge is -2.16. The molecule has 0 unspecified atom stereocenters. The lowest BCUT2D eigenvalue weighted by molar-refractivity contribution is -0.153. The van der Waals surface area contributed by atoms with E-state index < -0.39 is 12.8 Å². The molecule has 2 aromatic rings. The van der Waals surface area contributed by atoms with Gasteiger partial charge in [-0.15, -0.1) is 24.0 Å². The summed E-state index contributed by atoms with van der Waals surface area (Å²) in [5.74, 6) is 1.79. The zero-order valence-corrected chi connectivity index (χ0v) is 19.2. The Morgan fingerprint density at radius 1 is 1.03 bits per heavy atom. The maximum absolute atomic E-state index is 12.4. The molecule has 2 aromatic carbocycles. The van der Waals surface area contributed by atoms with Crippen molar-refractivity contribution in [2.45, 2.75) is 19.6 Å². The van der Waals surface area contributed by atoms with Crippen LogP contribution in [0.2, 0.25) is 0 Å². The van der Waals surface area contributed by atoms with Crippen molar-refractivity contribution < 1.29 is 27.4 Å². The molecular formula is C20H25F3IN3O3. The Bertz CT molecular complexity index is 832. The SMILES string of the molecule is CCOc1cc(NC(=NC)NCc2ccccc2OCC(F)(F)F)ccc1OC.I. The first-order valence-electron chi connectivity index (χ1n) is 8.92. The fraction of sp³-hybridized carbons (Fsp3) is 0.350. The van der Waals surface area contributed by atoms with Crippen molar-refractivity contribution in [1.29, 1.82) is 0 Å². The lowest BCUT2D eigenvalue weighted by Crippen LogP contribution is -2.30. The number of nitrogens with zero attached hydrogens (tertiary/aromatic N) is 1. The van der Waals surface area contributed by atoms with E-state index in [4.69, 9.17) is 14.2 Å². The quantitative estimate of drug-likeness (QED) is 0.286. The summed E-state index contributed by atoms with van der Waals surface area (Å²) in [4.78, 5) is 4.13. The maximum Gasteiger partial charge on any atom is 0.422 e. The van der Waals surface area contributed by atoms with Gasteiger partial charge >= 0.3 is 6.18 Å². The van der Waals surface area contributed by atoms with E-state index in [1.54, 1.807) is 50.6 Å². The number of hydrogen-bond donors (Lipinski definition) is 2. The van der Waals surface area contributed by atoms with E-state index in [-0.39, 0.29) is 36.3 Å². The van der Waals surface area contributed by atoms with Crippen molar-refractivity contribution in [2.24, 2.45) is 4.99 Å². The first-order valence-corrected chi connectivity index (χ1v) is 8.92. The van der Waals surface area contributed by atoms with Crippen molar-refractivity contribution >= 4 is 35.6 Å². The summed E-state index contributed by atoms with van der Waals surface area (Å²) in [5.41, 5.74) is 1.29. The second kappa shape index (κ2) is 12.4. The van der Waals surface area contributed by atoms with Crippen LogP contribution in [0.5, 0.6) is 17.2 Å². The van der Waals surface area contributed by atoms with Crippen molar-refractivity contribution in [3.8, 4) is 17.2 Å². The molecule has 0 saturated carbocycles. The number of guanidine groups is 1. The van der Waals surface area contributed by atoms with Crippen molar-refractivity contribution in [3.63, 3.8) is 0 Å². The van der Waals surface area contributed by atoms with Gasteiger partial charge in [0.25, 0.3) is 0 Å². The number of para-hydroxylation sites is 1. The summed E-state index contributed by atoms with van der Waals surface area (Å²) in [6.07, 6.45) is -4.40. The highest BCUT2D eigenvalue weighted by atomic mass is 127. The number of halogens is 4. The second-order valence-corrected chi connectivity index (χ2v) is 5.86. The van der Waals surface area contributed by atoms with Crippen molar-refractivity contribution in [1.82, 2.24) is 5.32 Å². The summed E-state index contributed by atoms with van der Waals surface area (Å²) in [7, 11) is 3.15. The first kappa shape index (κ1) is 25.7. The third kappa shape index (κ3) is 8.17. The molecule has 0 bridgehead atoms. The number of aliphatic imine (C=N–C) groups is 1. The van der Waals surface area contributed by atoms with Gasteiger partial charge in [0.15, 0.2) is 24.1 Å². The van der Waals surface area contributed by atoms with Gasteiger partial charge < -0.3 is 24.8 Å². The molecule has 166 valence electrons. The van der Waals surface area contributed by atoms with Crippen LogP contribution in [0.1, 0.15) is 12.5 Å². The Kier molecular flexibility index (Phi) is 10.6. The van der Waals surface area contributed by atoms with E-state index >= 15 is 0 Å². The highest BCUT2D eigenvalue weighted by Crippen LogP contribution is 2.30. The third-order valence-electron chi connectivity index (χ3n) is 3.76. The van der Waals surface area contributed by atoms with Crippen LogP contribution in [-0.4, -0.2) is 39.5 Å². The van der Waals surface area contributed by atoms with Gasteiger partial charge in [0.05, 0.1) is 13.7 Å². The normalized spacial score (nSPS) is 11.3. The van der Waals surface area contributed by atoms with Gasteiger partial charge in [-0.3, -0.25) is 4.99 Å². The summed E-state index contributed by atoms with van der Waals surface area (Å²) in [5, 5.41) is 6.16. The summed E-state index contributed by atoms with van der Waals surface area (Å²) in [6.45, 7) is 1.24.